The molecule has 1 fully saturated rings. The van der Waals surface area contributed by atoms with Gasteiger partial charge in [0.1, 0.15) is 17.1 Å². The van der Waals surface area contributed by atoms with Crippen molar-refractivity contribution in [2.45, 2.75) is 24.5 Å². The summed E-state index contributed by atoms with van der Waals surface area (Å²) in [4.78, 5) is 0. The Labute approximate surface area is 101 Å². The molecule has 2 atom stereocenters. The van der Waals surface area contributed by atoms with Crippen LogP contribution >= 0.6 is 0 Å². The summed E-state index contributed by atoms with van der Waals surface area (Å²) in [7, 11) is 1.65. The number of hydrogen-bond acceptors (Lipinski definition) is 4. The maximum absolute atomic E-state index is 6.22. The average Bonchev–Trinajstić information content (AvgIpc) is 2.76. The molecule has 1 saturated heterocycles. The summed E-state index contributed by atoms with van der Waals surface area (Å²) < 4.78 is 16.8. The van der Waals surface area contributed by atoms with E-state index in [0.29, 0.717) is 6.61 Å². The molecule has 0 aromatic heterocycles. The van der Waals surface area contributed by atoms with Crippen molar-refractivity contribution in [3.8, 4) is 11.5 Å². The van der Waals surface area contributed by atoms with Crippen LogP contribution in [0.25, 0.3) is 0 Å². The van der Waals surface area contributed by atoms with Gasteiger partial charge in [0.2, 0.25) is 0 Å². The van der Waals surface area contributed by atoms with Gasteiger partial charge in [-0.1, -0.05) is 6.07 Å². The Hall–Kier alpha value is -1.26. The minimum atomic E-state index is -0.223. The summed E-state index contributed by atoms with van der Waals surface area (Å²) in [6.45, 7) is 1.39. The highest BCUT2D eigenvalue weighted by atomic mass is 16.6. The fraction of sp³-hybridized carbons (Fsp3) is 0.538. The van der Waals surface area contributed by atoms with Gasteiger partial charge in [0.25, 0.3) is 0 Å². The Balaban J connectivity index is 1.97. The first-order valence-corrected chi connectivity index (χ1v) is 5.93. The summed E-state index contributed by atoms with van der Waals surface area (Å²) in [5, 5.41) is 0. The highest BCUT2D eigenvalue weighted by molar-refractivity contribution is 5.44. The molecule has 4 nitrogen and oxygen atoms in total. The normalized spacial score (nSPS) is 31.1. The molecule has 0 saturated carbocycles. The quantitative estimate of drug-likeness (QED) is 0.804. The van der Waals surface area contributed by atoms with Gasteiger partial charge in [-0.25, -0.2) is 0 Å². The molecular formula is C13H17NO3. The summed E-state index contributed by atoms with van der Waals surface area (Å²) in [5.41, 5.74) is 7.05. The SMILES string of the molecule is COc1ccc2c(c1)OC1(CCOC1)C[C@@H]2N. The number of benzene rings is 1. The molecule has 1 spiro atoms. The van der Waals surface area contributed by atoms with Gasteiger partial charge in [0.15, 0.2) is 0 Å². The van der Waals surface area contributed by atoms with Crippen molar-refractivity contribution in [3.63, 3.8) is 0 Å². The largest absolute Gasteiger partial charge is 0.497 e. The lowest BCUT2D eigenvalue weighted by molar-refractivity contribution is 0.0233. The molecule has 0 aliphatic carbocycles. The molecule has 2 aliphatic rings. The zero-order valence-electron chi connectivity index (χ0n) is 9.94. The van der Waals surface area contributed by atoms with Crippen LogP contribution in [-0.2, 0) is 4.74 Å². The highest BCUT2D eigenvalue weighted by Gasteiger charge is 2.43. The number of methoxy groups -OCH3 is 1. The molecule has 1 unspecified atom stereocenters. The van der Waals surface area contributed by atoms with Gasteiger partial charge in [-0.05, 0) is 6.07 Å². The Kier molecular flexibility index (Phi) is 2.49. The van der Waals surface area contributed by atoms with E-state index in [4.69, 9.17) is 19.9 Å². The third-order valence-corrected chi connectivity index (χ3v) is 3.61. The first-order valence-electron chi connectivity index (χ1n) is 5.93. The Morgan fingerprint density at radius 1 is 1.47 bits per heavy atom. The number of nitrogens with two attached hydrogens (primary N) is 1. The standard InChI is InChI=1S/C13H17NO3/c1-15-9-2-3-10-11(14)7-13(4-5-16-8-13)17-12(10)6-9/h2-3,6,11H,4-5,7-8,14H2,1H3/t11-,13?/m0/s1. The Morgan fingerprint density at radius 2 is 2.35 bits per heavy atom. The van der Waals surface area contributed by atoms with Gasteiger partial charge >= 0.3 is 0 Å². The van der Waals surface area contributed by atoms with Crippen molar-refractivity contribution in [2.75, 3.05) is 20.3 Å². The van der Waals surface area contributed by atoms with Gasteiger partial charge in [-0.2, -0.15) is 0 Å². The molecule has 0 amide bonds. The zero-order valence-corrected chi connectivity index (χ0v) is 9.94. The molecule has 2 aliphatic heterocycles. The number of ether oxygens (including phenoxy) is 3. The van der Waals surface area contributed by atoms with Crippen molar-refractivity contribution in [1.82, 2.24) is 0 Å². The van der Waals surface area contributed by atoms with E-state index in [-0.39, 0.29) is 11.6 Å². The van der Waals surface area contributed by atoms with Gasteiger partial charge in [-0.15, -0.1) is 0 Å². The summed E-state index contributed by atoms with van der Waals surface area (Å²) in [6.07, 6.45) is 1.74. The molecule has 1 aromatic carbocycles. The molecule has 0 radical (unpaired) electrons. The van der Waals surface area contributed by atoms with E-state index in [1.165, 1.54) is 0 Å². The number of rotatable bonds is 1. The smallest absolute Gasteiger partial charge is 0.136 e. The van der Waals surface area contributed by atoms with E-state index < -0.39 is 0 Å². The van der Waals surface area contributed by atoms with E-state index in [0.717, 1.165) is 36.5 Å². The molecule has 2 N–H and O–H groups in total. The monoisotopic (exact) mass is 235 g/mol. The molecule has 1 aromatic rings. The van der Waals surface area contributed by atoms with E-state index in [2.05, 4.69) is 0 Å². The van der Waals surface area contributed by atoms with E-state index in [9.17, 15) is 0 Å². The lowest BCUT2D eigenvalue weighted by Crippen LogP contribution is -2.43. The van der Waals surface area contributed by atoms with Crippen LogP contribution in [0.5, 0.6) is 11.5 Å². The fourth-order valence-corrected chi connectivity index (χ4v) is 2.65. The molecule has 4 heteroatoms. The zero-order chi connectivity index (χ0) is 11.9. The summed E-state index contributed by atoms with van der Waals surface area (Å²) in [5.74, 6) is 1.64. The Morgan fingerprint density at radius 3 is 3.06 bits per heavy atom. The van der Waals surface area contributed by atoms with Crippen molar-refractivity contribution in [3.05, 3.63) is 23.8 Å². The lowest BCUT2D eigenvalue weighted by Gasteiger charge is -2.37. The first kappa shape index (κ1) is 10.9. The average molecular weight is 235 g/mol. The second-order valence-electron chi connectivity index (χ2n) is 4.80. The second kappa shape index (κ2) is 3.89. The summed E-state index contributed by atoms with van der Waals surface area (Å²) >= 11 is 0. The molecular weight excluding hydrogens is 218 g/mol. The van der Waals surface area contributed by atoms with Crippen LogP contribution in [0.15, 0.2) is 18.2 Å². The lowest BCUT2D eigenvalue weighted by atomic mass is 9.87. The maximum atomic E-state index is 6.22. The molecule has 0 bridgehead atoms. The first-order chi connectivity index (χ1) is 8.22. The minimum absolute atomic E-state index is 0.0198. The van der Waals surface area contributed by atoms with Crippen molar-refractivity contribution < 1.29 is 14.2 Å². The van der Waals surface area contributed by atoms with Crippen LogP contribution in [0.1, 0.15) is 24.4 Å². The van der Waals surface area contributed by atoms with E-state index in [1.807, 2.05) is 18.2 Å². The Bertz CT molecular complexity index is 427. The van der Waals surface area contributed by atoms with Crippen LogP contribution in [0, 0.1) is 0 Å². The predicted octanol–water partition coefficient (Wildman–Crippen LogP) is 1.64. The predicted molar refractivity (Wildman–Crippen MR) is 63.3 cm³/mol. The second-order valence-corrected chi connectivity index (χ2v) is 4.80. The molecule has 3 rings (SSSR count). The number of hydrogen-bond donors (Lipinski definition) is 1. The van der Waals surface area contributed by atoms with Crippen LogP contribution in [0.4, 0.5) is 0 Å². The van der Waals surface area contributed by atoms with Gasteiger partial charge < -0.3 is 19.9 Å². The van der Waals surface area contributed by atoms with Crippen LogP contribution < -0.4 is 15.2 Å². The van der Waals surface area contributed by atoms with Gasteiger partial charge in [-0.3, -0.25) is 0 Å². The van der Waals surface area contributed by atoms with Gasteiger partial charge in [0.05, 0.1) is 20.3 Å². The van der Waals surface area contributed by atoms with Crippen LogP contribution in [-0.4, -0.2) is 25.9 Å². The molecule has 92 valence electrons. The molecule has 2 heterocycles. The highest BCUT2D eigenvalue weighted by Crippen LogP contribution is 2.43. The van der Waals surface area contributed by atoms with Crippen molar-refractivity contribution >= 4 is 0 Å². The van der Waals surface area contributed by atoms with Crippen molar-refractivity contribution in [1.29, 1.82) is 0 Å². The van der Waals surface area contributed by atoms with Gasteiger partial charge in [0, 0.05) is 30.5 Å². The minimum Gasteiger partial charge on any atom is -0.497 e. The third kappa shape index (κ3) is 1.77. The third-order valence-electron chi connectivity index (χ3n) is 3.61. The maximum Gasteiger partial charge on any atom is 0.136 e. The van der Waals surface area contributed by atoms with E-state index >= 15 is 0 Å². The van der Waals surface area contributed by atoms with E-state index in [1.54, 1.807) is 7.11 Å². The van der Waals surface area contributed by atoms with Crippen LogP contribution in [0.3, 0.4) is 0 Å². The summed E-state index contributed by atoms with van der Waals surface area (Å²) in [6, 6.07) is 5.84. The molecule has 17 heavy (non-hydrogen) atoms. The number of fused-ring (bicyclic) bond motifs is 1. The van der Waals surface area contributed by atoms with Crippen molar-refractivity contribution in [2.24, 2.45) is 5.73 Å². The topological polar surface area (TPSA) is 53.7 Å². The fourth-order valence-electron chi connectivity index (χ4n) is 2.65. The van der Waals surface area contributed by atoms with Crippen LogP contribution in [0.2, 0.25) is 0 Å².